The first-order chi connectivity index (χ1) is 6.70. The van der Waals surface area contributed by atoms with Gasteiger partial charge in [0.05, 0.1) is 10.6 Å². The highest BCUT2D eigenvalue weighted by Crippen LogP contribution is 2.20. The summed E-state index contributed by atoms with van der Waals surface area (Å²) in [6.07, 6.45) is 0. The van der Waals surface area contributed by atoms with E-state index in [4.69, 9.17) is 17.4 Å². The van der Waals surface area contributed by atoms with Gasteiger partial charge in [-0.05, 0) is 12.1 Å². The standard InChI is InChI=1S/C8H8ClFN4/c1-12-14-8(13-11)7-5(9)3-2-4-6(7)10/h2-4H,11H2,1H3. The van der Waals surface area contributed by atoms with E-state index in [1.165, 1.54) is 25.2 Å². The molecule has 0 saturated heterocycles. The Morgan fingerprint density at radius 2 is 2.21 bits per heavy atom. The minimum Gasteiger partial charge on any atom is -0.321 e. The van der Waals surface area contributed by atoms with Crippen LogP contribution in [0, 0.1) is 5.82 Å². The number of rotatable bonds is 1. The van der Waals surface area contributed by atoms with Crippen molar-refractivity contribution in [3.63, 3.8) is 0 Å². The molecule has 0 aromatic heterocycles. The summed E-state index contributed by atoms with van der Waals surface area (Å²) in [6.45, 7) is 0. The molecular weight excluding hydrogens is 207 g/mol. The van der Waals surface area contributed by atoms with Gasteiger partial charge in [0.15, 0.2) is 0 Å². The SMILES string of the molecule is CN=NC(=NN)c1c(F)cccc1Cl. The van der Waals surface area contributed by atoms with Gasteiger partial charge in [0, 0.05) is 7.05 Å². The molecule has 0 unspecified atom stereocenters. The van der Waals surface area contributed by atoms with E-state index in [1.54, 1.807) is 0 Å². The quantitative estimate of drug-likeness (QED) is 0.252. The van der Waals surface area contributed by atoms with Crippen LogP contribution in [0.4, 0.5) is 4.39 Å². The topological polar surface area (TPSA) is 63.1 Å². The normalized spacial score (nSPS) is 12.4. The second-order valence-corrected chi connectivity index (χ2v) is 2.76. The van der Waals surface area contributed by atoms with E-state index in [9.17, 15) is 4.39 Å². The Morgan fingerprint density at radius 3 is 2.71 bits per heavy atom. The summed E-state index contributed by atoms with van der Waals surface area (Å²) in [6, 6.07) is 4.26. The summed E-state index contributed by atoms with van der Waals surface area (Å²) in [5, 5.41) is 10.5. The van der Waals surface area contributed by atoms with Crippen LogP contribution in [0.1, 0.15) is 5.56 Å². The molecule has 1 aromatic carbocycles. The van der Waals surface area contributed by atoms with Crippen LogP contribution in [-0.4, -0.2) is 12.9 Å². The molecule has 0 aliphatic heterocycles. The number of amidine groups is 1. The molecule has 0 aliphatic rings. The van der Waals surface area contributed by atoms with Gasteiger partial charge in [0.1, 0.15) is 5.82 Å². The zero-order valence-electron chi connectivity index (χ0n) is 7.41. The summed E-state index contributed by atoms with van der Waals surface area (Å²) < 4.78 is 13.3. The predicted octanol–water partition coefficient (Wildman–Crippen LogP) is 2.18. The smallest absolute Gasteiger partial charge is 0.204 e. The van der Waals surface area contributed by atoms with Gasteiger partial charge in [-0.2, -0.15) is 10.2 Å². The largest absolute Gasteiger partial charge is 0.321 e. The molecule has 0 saturated carbocycles. The van der Waals surface area contributed by atoms with Gasteiger partial charge in [0.25, 0.3) is 0 Å². The number of hydrazone groups is 1. The van der Waals surface area contributed by atoms with Crippen molar-refractivity contribution in [2.75, 3.05) is 7.05 Å². The maximum atomic E-state index is 13.3. The molecule has 0 fully saturated rings. The molecule has 0 heterocycles. The molecule has 14 heavy (non-hydrogen) atoms. The Bertz CT molecular complexity index is 369. The second kappa shape index (κ2) is 4.66. The van der Waals surface area contributed by atoms with E-state index in [0.717, 1.165) is 0 Å². The van der Waals surface area contributed by atoms with E-state index in [0.29, 0.717) is 0 Å². The zero-order chi connectivity index (χ0) is 10.6. The predicted molar refractivity (Wildman–Crippen MR) is 52.9 cm³/mol. The minimum absolute atomic E-state index is 0.0319. The summed E-state index contributed by atoms with van der Waals surface area (Å²) in [5.41, 5.74) is 0.0577. The van der Waals surface area contributed by atoms with Crippen molar-refractivity contribution < 1.29 is 4.39 Å². The van der Waals surface area contributed by atoms with E-state index < -0.39 is 5.82 Å². The number of nitrogens with zero attached hydrogens (tertiary/aromatic N) is 3. The van der Waals surface area contributed by atoms with Crippen LogP contribution in [0.25, 0.3) is 0 Å². The zero-order valence-corrected chi connectivity index (χ0v) is 8.16. The minimum atomic E-state index is -0.533. The molecule has 0 atom stereocenters. The van der Waals surface area contributed by atoms with Gasteiger partial charge in [-0.1, -0.05) is 17.7 Å². The van der Waals surface area contributed by atoms with Gasteiger partial charge in [0.2, 0.25) is 5.84 Å². The third-order valence-electron chi connectivity index (χ3n) is 1.50. The van der Waals surface area contributed by atoms with Gasteiger partial charge in [-0.3, -0.25) is 0 Å². The Kier molecular flexibility index (Phi) is 3.53. The molecule has 1 aromatic rings. The van der Waals surface area contributed by atoms with E-state index in [2.05, 4.69) is 15.3 Å². The highest BCUT2D eigenvalue weighted by atomic mass is 35.5. The maximum Gasteiger partial charge on any atom is 0.204 e. The van der Waals surface area contributed by atoms with Crippen LogP contribution in [0.15, 0.2) is 33.5 Å². The highest BCUT2D eigenvalue weighted by molar-refractivity contribution is 6.34. The van der Waals surface area contributed by atoms with Crippen molar-refractivity contribution in [2.45, 2.75) is 0 Å². The number of hydrogen-bond donors (Lipinski definition) is 1. The van der Waals surface area contributed by atoms with Crippen molar-refractivity contribution in [2.24, 2.45) is 21.2 Å². The fourth-order valence-electron chi connectivity index (χ4n) is 0.947. The third-order valence-corrected chi connectivity index (χ3v) is 1.82. The Labute approximate surface area is 85.3 Å². The van der Waals surface area contributed by atoms with Crippen LogP contribution in [0.3, 0.4) is 0 Å². The lowest BCUT2D eigenvalue weighted by atomic mass is 10.2. The molecule has 4 nitrogen and oxygen atoms in total. The number of hydrogen-bond acceptors (Lipinski definition) is 3. The molecule has 2 N–H and O–H groups in total. The summed E-state index contributed by atoms with van der Waals surface area (Å²) in [4.78, 5) is 0. The Hall–Kier alpha value is -1.49. The molecular formula is C8H8ClFN4. The number of halogens is 2. The summed E-state index contributed by atoms with van der Waals surface area (Å²) in [7, 11) is 1.43. The molecule has 74 valence electrons. The fourth-order valence-corrected chi connectivity index (χ4v) is 1.19. The molecule has 0 aliphatic carbocycles. The first-order valence-corrected chi connectivity index (χ1v) is 4.10. The van der Waals surface area contributed by atoms with Crippen molar-refractivity contribution in [3.8, 4) is 0 Å². The number of nitrogens with two attached hydrogens (primary N) is 1. The lowest BCUT2D eigenvalue weighted by Crippen LogP contribution is -2.04. The van der Waals surface area contributed by atoms with Crippen molar-refractivity contribution in [1.29, 1.82) is 0 Å². The fraction of sp³-hybridized carbons (Fsp3) is 0.125. The van der Waals surface area contributed by atoms with Crippen LogP contribution < -0.4 is 5.84 Å². The third kappa shape index (κ3) is 2.05. The molecule has 0 amide bonds. The van der Waals surface area contributed by atoms with Crippen LogP contribution in [0.2, 0.25) is 5.02 Å². The molecule has 0 spiro atoms. The Morgan fingerprint density at radius 1 is 1.50 bits per heavy atom. The molecule has 0 bridgehead atoms. The summed E-state index contributed by atoms with van der Waals surface area (Å²) in [5.74, 6) is 4.47. The monoisotopic (exact) mass is 214 g/mol. The lowest BCUT2D eigenvalue weighted by Gasteiger charge is -2.02. The molecule has 0 radical (unpaired) electrons. The lowest BCUT2D eigenvalue weighted by molar-refractivity contribution is 0.625. The van der Waals surface area contributed by atoms with Crippen LogP contribution in [0.5, 0.6) is 0 Å². The first kappa shape index (κ1) is 10.6. The van der Waals surface area contributed by atoms with E-state index in [-0.39, 0.29) is 16.4 Å². The average Bonchev–Trinajstić information content (AvgIpc) is 2.16. The van der Waals surface area contributed by atoms with E-state index >= 15 is 0 Å². The van der Waals surface area contributed by atoms with Crippen LogP contribution >= 0.6 is 11.6 Å². The first-order valence-electron chi connectivity index (χ1n) is 3.72. The van der Waals surface area contributed by atoms with Crippen molar-refractivity contribution >= 4 is 17.4 Å². The average molecular weight is 215 g/mol. The maximum absolute atomic E-state index is 13.3. The number of azo groups is 1. The highest BCUT2D eigenvalue weighted by Gasteiger charge is 2.12. The Balaban J connectivity index is 3.30. The van der Waals surface area contributed by atoms with Gasteiger partial charge in [-0.25, -0.2) is 4.39 Å². The number of benzene rings is 1. The van der Waals surface area contributed by atoms with Crippen molar-refractivity contribution in [3.05, 3.63) is 34.6 Å². The van der Waals surface area contributed by atoms with Gasteiger partial charge in [-0.15, -0.1) is 5.11 Å². The molecule has 6 heteroatoms. The van der Waals surface area contributed by atoms with E-state index in [1.807, 2.05) is 0 Å². The van der Waals surface area contributed by atoms with Crippen LogP contribution in [-0.2, 0) is 0 Å². The summed E-state index contributed by atoms with van der Waals surface area (Å²) >= 11 is 5.76. The van der Waals surface area contributed by atoms with Crippen molar-refractivity contribution in [1.82, 2.24) is 0 Å². The van der Waals surface area contributed by atoms with Gasteiger partial charge >= 0.3 is 0 Å². The molecule has 1 rings (SSSR count). The van der Waals surface area contributed by atoms with Gasteiger partial charge < -0.3 is 5.84 Å². The second-order valence-electron chi connectivity index (χ2n) is 2.35.